The van der Waals surface area contributed by atoms with Gasteiger partial charge in [0.15, 0.2) is 5.60 Å². The highest BCUT2D eigenvalue weighted by atomic mass is 19.1. The number of ketones is 1. The van der Waals surface area contributed by atoms with Gasteiger partial charge in [0.05, 0.1) is 6.10 Å². The van der Waals surface area contributed by atoms with Crippen molar-refractivity contribution >= 4 is 17.7 Å². The van der Waals surface area contributed by atoms with Crippen LogP contribution in [0.1, 0.15) is 155 Å². The number of hydrogen-bond acceptors (Lipinski definition) is 6. The first-order valence-electron chi connectivity index (χ1n) is 21.0. The first-order chi connectivity index (χ1) is 26.3. The van der Waals surface area contributed by atoms with Gasteiger partial charge in [-0.05, 0) is 94.8 Å². The maximum atomic E-state index is 15.2. The van der Waals surface area contributed by atoms with E-state index < -0.39 is 40.9 Å². The average molecular weight is 773 g/mol. The fourth-order valence-corrected chi connectivity index (χ4v) is 7.90. The van der Waals surface area contributed by atoms with Crippen LogP contribution in [0, 0.1) is 23.7 Å². The van der Waals surface area contributed by atoms with E-state index >= 15 is 4.39 Å². The third-order valence-corrected chi connectivity index (χ3v) is 11.5. The van der Waals surface area contributed by atoms with Gasteiger partial charge in [0.2, 0.25) is 0 Å². The van der Waals surface area contributed by atoms with Gasteiger partial charge in [-0.25, -0.2) is 8.78 Å². The van der Waals surface area contributed by atoms with Crippen molar-refractivity contribution < 1.29 is 43.2 Å². The number of allylic oxidation sites excluding steroid dienone is 6. The van der Waals surface area contributed by atoms with Crippen LogP contribution >= 0.6 is 0 Å². The second-order valence-corrected chi connectivity index (χ2v) is 15.8. The number of aliphatic hydroxyl groups is 2. The molecule has 0 spiro atoms. The first-order valence-corrected chi connectivity index (χ1v) is 21.0. The topological polar surface area (TPSA) is 121 Å². The van der Waals surface area contributed by atoms with Gasteiger partial charge in [0.1, 0.15) is 23.0 Å². The average Bonchev–Trinajstić information content (AvgIpc) is 3.67. The Morgan fingerprint density at radius 2 is 1.40 bits per heavy atom. The summed E-state index contributed by atoms with van der Waals surface area (Å²) < 4.78 is 35.2. The van der Waals surface area contributed by atoms with E-state index in [1.54, 1.807) is 0 Å². The molecule has 2 saturated carbocycles. The second kappa shape index (κ2) is 25.9. The zero-order valence-corrected chi connectivity index (χ0v) is 33.7. The molecule has 2 aliphatic carbocycles. The normalized spacial score (nSPS) is 24.0. The Bertz CT molecular complexity index is 1340. The molecule has 0 saturated heterocycles. The first kappa shape index (κ1) is 48.0. The molecule has 2 unspecified atom stereocenters. The SMILES string of the molecule is C=C(F)C(O)(CC=C[C@H]1CC[C@@H](O)[C@@H]1CC=CCCCC(=O)OC(C/C=C/[C@H]1CCC(=O)[C@@H]1C/C=C\CCCC(=O)O)(CCCCC)C(=C)F)CCCCC. The summed E-state index contributed by atoms with van der Waals surface area (Å²) in [6.07, 6.45) is 27.6. The monoisotopic (exact) mass is 773 g/mol. The standard InChI is InChI=1S/C46H70F2O7/c1-5-7-17-31-45(54,35(3)47)32-19-21-37-27-29-41(49)39(37)24-14-10-12-16-26-44(53)55-46(36(4)48,33-18-8-6-2)34-20-22-38-28-30-42(50)40(38)23-13-9-11-15-25-43(51)52/h9-10,13-14,19-22,37-41,49,54H,3-8,11-12,15-18,23-34H2,1-2H3,(H,51,52)/b13-9-,14-10?,21-19?,22-20+/t37-,38-,39+,40+,41+,45?,46?/m0/s1. The van der Waals surface area contributed by atoms with E-state index in [1.165, 1.54) is 0 Å². The van der Waals surface area contributed by atoms with Gasteiger partial charge in [0, 0.05) is 38.0 Å². The number of carboxylic acid groups (broad SMARTS) is 1. The smallest absolute Gasteiger partial charge is 0.306 e. The Labute approximate surface area is 329 Å². The van der Waals surface area contributed by atoms with Crippen LogP contribution in [0.3, 0.4) is 0 Å². The van der Waals surface area contributed by atoms with Gasteiger partial charge in [0.25, 0.3) is 0 Å². The third-order valence-electron chi connectivity index (χ3n) is 11.5. The zero-order chi connectivity index (χ0) is 40.7. The van der Waals surface area contributed by atoms with Gasteiger partial charge in [-0.3, -0.25) is 14.4 Å². The number of esters is 1. The van der Waals surface area contributed by atoms with E-state index in [9.17, 15) is 29.0 Å². The molecule has 0 aliphatic heterocycles. The number of hydrogen-bond donors (Lipinski definition) is 3. The molecular formula is C46H70F2O7. The molecule has 0 heterocycles. The summed E-state index contributed by atoms with van der Waals surface area (Å²) in [5.74, 6) is -2.57. The largest absolute Gasteiger partial charge is 0.481 e. The summed E-state index contributed by atoms with van der Waals surface area (Å²) in [6.45, 7) is 11.1. The van der Waals surface area contributed by atoms with Crippen LogP contribution in [-0.2, 0) is 19.1 Å². The lowest BCUT2D eigenvalue weighted by molar-refractivity contribution is -0.158. The number of carbonyl (C=O) groups is 3. The minimum atomic E-state index is -1.56. The summed E-state index contributed by atoms with van der Waals surface area (Å²) in [5, 5.41) is 30.2. The molecule has 0 aromatic rings. The van der Waals surface area contributed by atoms with Crippen LogP contribution in [0.15, 0.2) is 73.4 Å². The predicted molar refractivity (Wildman–Crippen MR) is 216 cm³/mol. The molecule has 0 aromatic heterocycles. The van der Waals surface area contributed by atoms with E-state index in [4.69, 9.17) is 9.84 Å². The molecular weight excluding hydrogens is 702 g/mol. The van der Waals surface area contributed by atoms with Gasteiger partial charge in [-0.2, -0.15) is 0 Å². The fraction of sp³-hybridized carbons (Fsp3) is 0.674. The molecule has 2 fully saturated rings. The Kier molecular flexibility index (Phi) is 22.6. The van der Waals surface area contributed by atoms with Crippen molar-refractivity contribution in [2.75, 3.05) is 0 Å². The summed E-state index contributed by atoms with van der Waals surface area (Å²) in [7, 11) is 0. The molecule has 2 aliphatic rings. The Balaban J connectivity index is 1.93. The number of aliphatic carboxylic acids is 1. The number of halogens is 2. The summed E-state index contributed by atoms with van der Waals surface area (Å²) in [4.78, 5) is 36.5. The summed E-state index contributed by atoms with van der Waals surface area (Å²) >= 11 is 0. The number of unbranched alkanes of at least 4 members (excludes halogenated alkanes) is 6. The van der Waals surface area contributed by atoms with E-state index in [2.05, 4.69) is 27.0 Å². The highest BCUT2D eigenvalue weighted by molar-refractivity contribution is 5.83. The Morgan fingerprint density at radius 1 is 0.782 bits per heavy atom. The zero-order valence-electron chi connectivity index (χ0n) is 33.7. The molecule has 55 heavy (non-hydrogen) atoms. The van der Waals surface area contributed by atoms with Gasteiger partial charge >= 0.3 is 11.9 Å². The van der Waals surface area contributed by atoms with Crippen LogP contribution in [0.5, 0.6) is 0 Å². The Morgan fingerprint density at radius 3 is 2.04 bits per heavy atom. The van der Waals surface area contributed by atoms with E-state index in [0.717, 1.165) is 38.5 Å². The van der Waals surface area contributed by atoms with Crippen LogP contribution in [0.25, 0.3) is 0 Å². The molecule has 2 rings (SSSR count). The number of carbonyl (C=O) groups excluding carboxylic acids is 2. The van der Waals surface area contributed by atoms with E-state index in [1.807, 2.05) is 48.6 Å². The van der Waals surface area contributed by atoms with Crippen LogP contribution < -0.4 is 0 Å². The molecule has 7 nitrogen and oxygen atoms in total. The van der Waals surface area contributed by atoms with Crippen LogP contribution in [0.4, 0.5) is 8.78 Å². The number of Topliss-reactive ketones (excluding diaryl/α,β-unsaturated/α-hetero) is 1. The van der Waals surface area contributed by atoms with Crippen molar-refractivity contribution in [2.24, 2.45) is 23.7 Å². The Hall–Kier alpha value is -3.17. The molecule has 0 bridgehead atoms. The van der Waals surface area contributed by atoms with Gasteiger partial charge in [-0.1, -0.05) is 108 Å². The minimum Gasteiger partial charge on any atom is -0.481 e. The number of carboxylic acids is 1. The second-order valence-electron chi connectivity index (χ2n) is 15.8. The lowest BCUT2D eigenvalue weighted by Gasteiger charge is -2.31. The van der Waals surface area contributed by atoms with Crippen LogP contribution in [-0.4, -0.2) is 50.3 Å². The molecule has 7 atom stereocenters. The number of ether oxygens (including phenoxy) is 1. The van der Waals surface area contributed by atoms with Crippen molar-refractivity contribution in [3.05, 3.63) is 73.4 Å². The maximum Gasteiger partial charge on any atom is 0.306 e. The van der Waals surface area contributed by atoms with E-state index in [0.29, 0.717) is 77.0 Å². The summed E-state index contributed by atoms with van der Waals surface area (Å²) in [5.41, 5.74) is -3.03. The third kappa shape index (κ3) is 17.2. The van der Waals surface area contributed by atoms with Gasteiger partial charge < -0.3 is 20.1 Å². The molecule has 0 radical (unpaired) electrons. The number of aliphatic hydroxyl groups excluding tert-OH is 1. The van der Waals surface area contributed by atoms with Crippen LogP contribution in [0.2, 0.25) is 0 Å². The maximum absolute atomic E-state index is 15.2. The quantitative estimate of drug-likeness (QED) is 0.0393. The van der Waals surface area contributed by atoms with Crippen molar-refractivity contribution in [1.29, 1.82) is 0 Å². The lowest BCUT2D eigenvalue weighted by atomic mass is 9.88. The fourth-order valence-electron chi connectivity index (χ4n) is 7.90. The van der Waals surface area contributed by atoms with Crippen molar-refractivity contribution in [2.45, 2.75) is 172 Å². The van der Waals surface area contributed by atoms with Crippen molar-refractivity contribution in [3.8, 4) is 0 Å². The highest BCUT2D eigenvalue weighted by Crippen LogP contribution is 2.38. The molecule has 0 aromatic carbocycles. The van der Waals surface area contributed by atoms with Crippen molar-refractivity contribution in [1.82, 2.24) is 0 Å². The van der Waals surface area contributed by atoms with E-state index in [-0.39, 0.29) is 55.1 Å². The molecule has 310 valence electrons. The molecule has 0 amide bonds. The summed E-state index contributed by atoms with van der Waals surface area (Å²) in [6, 6.07) is 0. The molecule has 9 heteroatoms. The molecule has 3 N–H and O–H groups in total. The minimum absolute atomic E-state index is 0.00122. The number of rotatable bonds is 29. The van der Waals surface area contributed by atoms with Crippen molar-refractivity contribution in [3.63, 3.8) is 0 Å². The lowest BCUT2D eigenvalue weighted by Crippen LogP contribution is -2.35. The highest BCUT2D eigenvalue weighted by Gasteiger charge is 2.38. The van der Waals surface area contributed by atoms with Gasteiger partial charge in [-0.15, -0.1) is 0 Å². The predicted octanol–water partition coefficient (Wildman–Crippen LogP) is 11.3.